The number of nitrogens with one attached hydrogen (secondary N) is 2. The van der Waals surface area contributed by atoms with E-state index >= 15 is 0 Å². The standard InChI is InChI=1S/C17H20N6O3/c1-11(16-22-18-10-23(16)2)19-17(24)13-8-12(20-21-13)9-26-15-7-5-4-6-14(15)25-3/h4-8,10-11H,9H2,1-3H3,(H,19,24)(H,20,21). The van der Waals surface area contributed by atoms with Gasteiger partial charge < -0.3 is 19.4 Å². The van der Waals surface area contributed by atoms with E-state index in [-0.39, 0.29) is 24.2 Å². The van der Waals surface area contributed by atoms with Crippen LogP contribution < -0.4 is 14.8 Å². The van der Waals surface area contributed by atoms with Crippen LogP contribution in [0.25, 0.3) is 0 Å². The molecule has 2 heterocycles. The first-order chi connectivity index (χ1) is 12.6. The Kier molecular flexibility index (Phi) is 5.16. The summed E-state index contributed by atoms with van der Waals surface area (Å²) >= 11 is 0. The van der Waals surface area contributed by atoms with Crippen LogP contribution in [-0.4, -0.2) is 38.0 Å². The molecule has 0 saturated heterocycles. The number of H-pyrrole nitrogens is 1. The lowest BCUT2D eigenvalue weighted by Crippen LogP contribution is -2.28. The molecule has 3 rings (SSSR count). The van der Waals surface area contributed by atoms with E-state index in [1.165, 1.54) is 0 Å². The van der Waals surface area contributed by atoms with Crippen LogP contribution in [0.2, 0.25) is 0 Å². The minimum absolute atomic E-state index is 0.236. The van der Waals surface area contributed by atoms with Gasteiger partial charge in [-0.2, -0.15) is 5.10 Å². The van der Waals surface area contributed by atoms with Crippen molar-refractivity contribution in [3.8, 4) is 11.5 Å². The summed E-state index contributed by atoms with van der Waals surface area (Å²) in [4.78, 5) is 12.3. The molecule has 0 aliphatic rings. The maximum atomic E-state index is 12.3. The fourth-order valence-electron chi connectivity index (χ4n) is 2.46. The second-order valence-corrected chi connectivity index (χ2v) is 5.71. The minimum Gasteiger partial charge on any atom is -0.493 e. The topological polar surface area (TPSA) is 107 Å². The average Bonchev–Trinajstić information content (AvgIpc) is 3.29. The highest BCUT2D eigenvalue weighted by Gasteiger charge is 2.17. The Morgan fingerprint density at radius 1 is 1.35 bits per heavy atom. The molecule has 1 amide bonds. The van der Waals surface area contributed by atoms with Crippen molar-refractivity contribution in [2.75, 3.05) is 7.11 Å². The highest BCUT2D eigenvalue weighted by atomic mass is 16.5. The third kappa shape index (κ3) is 3.82. The Morgan fingerprint density at radius 2 is 2.12 bits per heavy atom. The maximum absolute atomic E-state index is 12.3. The van der Waals surface area contributed by atoms with Crippen molar-refractivity contribution < 1.29 is 14.3 Å². The molecule has 0 bridgehead atoms. The number of carbonyl (C=O) groups excluding carboxylic acids is 1. The first kappa shape index (κ1) is 17.5. The van der Waals surface area contributed by atoms with E-state index in [9.17, 15) is 4.79 Å². The summed E-state index contributed by atoms with van der Waals surface area (Å²) in [5, 5.41) is 17.5. The third-order valence-corrected chi connectivity index (χ3v) is 3.80. The molecule has 3 aromatic rings. The van der Waals surface area contributed by atoms with E-state index in [2.05, 4.69) is 25.7 Å². The van der Waals surface area contributed by atoms with Crippen LogP contribution in [0, 0.1) is 0 Å². The summed E-state index contributed by atoms with van der Waals surface area (Å²) in [6.45, 7) is 2.07. The molecular formula is C17H20N6O3. The van der Waals surface area contributed by atoms with Crippen molar-refractivity contribution in [2.24, 2.45) is 7.05 Å². The smallest absolute Gasteiger partial charge is 0.272 e. The van der Waals surface area contributed by atoms with Gasteiger partial charge in [-0.15, -0.1) is 10.2 Å². The zero-order valence-electron chi connectivity index (χ0n) is 14.8. The van der Waals surface area contributed by atoms with E-state index in [0.29, 0.717) is 23.0 Å². The fourth-order valence-corrected chi connectivity index (χ4v) is 2.46. The zero-order chi connectivity index (χ0) is 18.5. The summed E-state index contributed by atoms with van der Waals surface area (Å²) in [7, 11) is 3.40. The lowest BCUT2D eigenvalue weighted by atomic mass is 10.3. The number of benzene rings is 1. The van der Waals surface area contributed by atoms with E-state index in [1.54, 1.807) is 24.1 Å². The SMILES string of the molecule is COc1ccccc1OCc1cc(C(=O)NC(C)c2nncn2C)n[nH]1. The average molecular weight is 356 g/mol. The van der Waals surface area contributed by atoms with Crippen LogP contribution in [0.15, 0.2) is 36.7 Å². The number of carbonyl (C=O) groups is 1. The predicted octanol–water partition coefficient (Wildman–Crippen LogP) is 1.62. The van der Waals surface area contributed by atoms with Gasteiger partial charge in [-0.05, 0) is 25.1 Å². The first-order valence-electron chi connectivity index (χ1n) is 8.03. The number of hydrogen-bond acceptors (Lipinski definition) is 6. The number of ether oxygens (including phenoxy) is 2. The van der Waals surface area contributed by atoms with E-state index in [1.807, 2.05) is 38.2 Å². The van der Waals surface area contributed by atoms with Gasteiger partial charge in [0, 0.05) is 7.05 Å². The molecule has 136 valence electrons. The molecule has 26 heavy (non-hydrogen) atoms. The Balaban J connectivity index is 1.60. The number of hydrogen-bond donors (Lipinski definition) is 2. The van der Waals surface area contributed by atoms with Gasteiger partial charge in [0.15, 0.2) is 17.3 Å². The molecule has 0 aliphatic heterocycles. The molecule has 0 fully saturated rings. The summed E-state index contributed by atoms with van der Waals surface area (Å²) in [5.74, 6) is 1.61. The van der Waals surface area contributed by atoms with Gasteiger partial charge in [-0.25, -0.2) is 0 Å². The van der Waals surface area contributed by atoms with Gasteiger partial charge in [0.2, 0.25) is 0 Å². The quantitative estimate of drug-likeness (QED) is 0.666. The number of rotatable bonds is 7. The van der Waals surface area contributed by atoms with Crippen LogP contribution >= 0.6 is 0 Å². The fraction of sp³-hybridized carbons (Fsp3) is 0.294. The van der Waals surface area contributed by atoms with Crippen molar-refractivity contribution in [3.63, 3.8) is 0 Å². The van der Waals surface area contributed by atoms with Crippen LogP contribution in [0.5, 0.6) is 11.5 Å². The maximum Gasteiger partial charge on any atom is 0.272 e. The van der Waals surface area contributed by atoms with E-state index in [4.69, 9.17) is 9.47 Å². The van der Waals surface area contributed by atoms with Crippen molar-refractivity contribution in [1.82, 2.24) is 30.3 Å². The Bertz CT molecular complexity index is 888. The molecule has 0 spiro atoms. The Labute approximate surface area is 150 Å². The summed E-state index contributed by atoms with van der Waals surface area (Å²) < 4.78 is 12.7. The molecule has 2 aromatic heterocycles. The van der Waals surface area contributed by atoms with Gasteiger partial charge in [0.25, 0.3) is 5.91 Å². The lowest BCUT2D eigenvalue weighted by Gasteiger charge is -2.11. The number of aromatic amines is 1. The van der Waals surface area contributed by atoms with Crippen molar-refractivity contribution >= 4 is 5.91 Å². The number of amides is 1. The van der Waals surface area contributed by atoms with Crippen molar-refractivity contribution in [1.29, 1.82) is 0 Å². The van der Waals surface area contributed by atoms with Gasteiger partial charge in [0.1, 0.15) is 18.6 Å². The Hall–Kier alpha value is -3.36. The number of aromatic nitrogens is 5. The van der Waals surface area contributed by atoms with E-state index < -0.39 is 0 Å². The first-order valence-corrected chi connectivity index (χ1v) is 8.03. The molecule has 9 heteroatoms. The molecular weight excluding hydrogens is 336 g/mol. The van der Waals surface area contributed by atoms with Crippen LogP contribution in [0.1, 0.15) is 35.0 Å². The molecule has 1 aromatic carbocycles. The van der Waals surface area contributed by atoms with Crippen LogP contribution in [0.4, 0.5) is 0 Å². The van der Waals surface area contributed by atoms with Gasteiger partial charge in [-0.1, -0.05) is 12.1 Å². The highest BCUT2D eigenvalue weighted by Crippen LogP contribution is 2.26. The molecule has 2 N–H and O–H groups in total. The molecule has 1 unspecified atom stereocenters. The lowest BCUT2D eigenvalue weighted by molar-refractivity contribution is 0.0932. The Morgan fingerprint density at radius 3 is 2.81 bits per heavy atom. The second kappa shape index (κ2) is 7.68. The van der Waals surface area contributed by atoms with Crippen LogP contribution in [0.3, 0.4) is 0 Å². The van der Waals surface area contributed by atoms with Crippen molar-refractivity contribution in [2.45, 2.75) is 19.6 Å². The summed E-state index contributed by atoms with van der Waals surface area (Å²) in [5.41, 5.74) is 0.949. The number of para-hydroxylation sites is 2. The highest BCUT2D eigenvalue weighted by molar-refractivity contribution is 5.92. The predicted molar refractivity (Wildman–Crippen MR) is 92.8 cm³/mol. The zero-order valence-corrected chi connectivity index (χ0v) is 14.8. The molecule has 9 nitrogen and oxygen atoms in total. The largest absolute Gasteiger partial charge is 0.493 e. The van der Waals surface area contributed by atoms with E-state index in [0.717, 1.165) is 0 Å². The number of nitrogens with zero attached hydrogens (tertiary/aromatic N) is 4. The molecule has 0 aliphatic carbocycles. The second-order valence-electron chi connectivity index (χ2n) is 5.71. The van der Waals surface area contributed by atoms with Gasteiger partial charge in [0.05, 0.1) is 18.8 Å². The van der Waals surface area contributed by atoms with Gasteiger partial charge >= 0.3 is 0 Å². The number of aryl methyl sites for hydroxylation is 1. The molecule has 1 atom stereocenters. The normalized spacial score (nSPS) is 11.8. The van der Waals surface area contributed by atoms with Crippen LogP contribution in [-0.2, 0) is 13.7 Å². The molecule has 0 radical (unpaired) electrons. The number of methoxy groups -OCH3 is 1. The minimum atomic E-state index is -0.305. The summed E-state index contributed by atoms with van der Waals surface area (Å²) in [6.07, 6.45) is 1.58. The summed E-state index contributed by atoms with van der Waals surface area (Å²) in [6, 6.07) is 8.70. The monoisotopic (exact) mass is 356 g/mol. The third-order valence-electron chi connectivity index (χ3n) is 3.80. The van der Waals surface area contributed by atoms with Gasteiger partial charge in [-0.3, -0.25) is 9.89 Å². The molecule has 0 saturated carbocycles. The van der Waals surface area contributed by atoms with Crippen molar-refractivity contribution in [3.05, 3.63) is 53.9 Å².